The predicted octanol–water partition coefficient (Wildman–Crippen LogP) is 3.71. The van der Waals surface area contributed by atoms with Crippen molar-refractivity contribution in [2.24, 2.45) is 5.92 Å². The molecule has 0 amide bonds. The molecule has 3 nitrogen and oxygen atoms in total. The van der Waals surface area contributed by atoms with Crippen LogP contribution in [-0.2, 0) is 4.79 Å². The summed E-state index contributed by atoms with van der Waals surface area (Å²) in [6.07, 6.45) is 2.71. The lowest BCUT2D eigenvalue weighted by atomic mass is 9.79. The minimum absolute atomic E-state index is 0.0644. The number of aliphatic hydroxyl groups excluding tert-OH is 1. The van der Waals surface area contributed by atoms with E-state index < -0.39 is 11.6 Å². The summed E-state index contributed by atoms with van der Waals surface area (Å²) in [7, 11) is 0. The van der Waals surface area contributed by atoms with Gasteiger partial charge in [0, 0.05) is 17.0 Å². The Morgan fingerprint density at radius 2 is 1.80 bits per heavy atom. The Morgan fingerprint density at radius 1 is 1.20 bits per heavy atom. The second kappa shape index (κ2) is 5.45. The lowest BCUT2D eigenvalue weighted by molar-refractivity contribution is -0.112. The van der Waals surface area contributed by atoms with E-state index in [1.165, 1.54) is 0 Å². The third-order valence-electron chi connectivity index (χ3n) is 3.90. The average Bonchev–Trinajstić information content (AvgIpc) is 2.46. The van der Waals surface area contributed by atoms with Crippen molar-refractivity contribution >= 4 is 17.3 Å². The van der Waals surface area contributed by atoms with Crippen LogP contribution in [0.3, 0.4) is 0 Å². The molecule has 104 valence electrons. The number of allylic oxidation sites excluding steroid dienone is 3. The van der Waals surface area contributed by atoms with Crippen molar-refractivity contribution in [2.75, 3.05) is 0 Å². The van der Waals surface area contributed by atoms with Gasteiger partial charge in [0.05, 0.1) is 5.57 Å². The fourth-order valence-electron chi connectivity index (χ4n) is 2.73. The average molecular weight is 270 g/mol. The van der Waals surface area contributed by atoms with Crippen molar-refractivity contribution < 1.29 is 14.7 Å². The first kappa shape index (κ1) is 14.3. The topological polar surface area (TPSA) is 54.4 Å². The van der Waals surface area contributed by atoms with E-state index in [1.807, 2.05) is 26.8 Å². The van der Waals surface area contributed by atoms with Crippen LogP contribution in [0, 0.1) is 5.92 Å². The van der Waals surface area contributed by atoms with Crippen LogP contribution in [0.1, 0.15) is 43.1 Å². The first-order valence-corrected chi connectivity index (χ1v) is 6.79. The zero-order valence-electron chi connectivity index (χ0n) is 11.9. The second-order valence-corrected chi connectivity index (χ2v) is 4.90. The van der Waals surface area contributed by atoms with E-state index in [2.05, 4.69) is 0 Å². The van der Waals surface area contributed by atoms with Gasteiger partial charge in [0.2, 0.25) is 11.6 Å². The SMILES string of the molecule is C/C=C(/CC)[C@@H](C)C1=C(O)c2ccccc2C(=O)C1=O. The highest BCUT2D eigenvalue weighted by molar-refractivity contribution is 6.52. The number of rotatable bonds is 3. The number of benzene rings is 1. The summed E-state index contributed by atoms with van der Waals surface area (Å²) in [4.78, 5) is 24.4. The summed E-state index contributed by atoms with van der Waals surface area (Å²) in [5.41, 5.74) is 1.98. The van der Waals surface area contributed by atoms with Crippen molar-refractivity contribution in [3.8, 4) is 0 Å². The van der Waals surface area contributed by atoms with Crippen molar-refractivity contribution in [3.63, 3.8) is 0 Å². The summed E-state index contributed by atoms with van der Waals surface area (Å²) in [5.74, 6) is -1.45. The Bertz CT molecular complexity index is 635. The third-order valence-corrected chi connectivity index (χ3v) is 3.90. The Labute approximate surface area is 118 Å². The Kier molecular flexibility index (Phi) is 3.89. The number of hydrogen-bond donors (Lipinski definition) is 1. The largest absolute Gasteiger partial charge is 0.507 e. The van der Waals surface area contributed by atoms with Gasteiger partial charge in [-0.25, -0.2) is 0 Å². The third kappa shape index (κ3) is 2.09. The number of fused-ring (bicyclic) bond motifs is 1. The van der Waals surface area contributed by atoms with Gasteiger partial charge in [-0.15, -0.1) is 0 Å². The number of carbonyl (C=O) groups is 2. The van der Waals surface area contributed by atoms with Crippen LogP contribution < -0.4 is 0 Å². The lowest BCUT2D eigenvalue weighted by Gasteiger charge is -2.23. The molecular formula is C17H18O3. The number of carbonyl (C=O) groups excluding carboxylic acids is 2. The maximum atomic E-state index is 12.3. The summed E-state index contributed by atoms with van der Waals surface area (Å²) < 4.78 is 0. The summed E-state index contributed by atoms with van der Waals surface area (Å²) in [6.45, 7) is 5.74. The fraction of sp³-hybridized carbons (Fsp3) is 0.294. The Balaban J connectivity index is 2.63. The van der Waals surface area contributed by atoms with Gasteiger partial charge in [-0.2, -0.15) is 0 Å². The smallest absolute Gasteiger partial charge is 0.234 e. The van der Waals surface area contributed by atoms with Crippen molar-refractivity contribution in [2.45, 2.75) is 27.2 Å². The fourth-order valence-corrected chi connectivity index (χ4v) is 2.73. The highest BCUT2D eigenvalue weighted by Crippen LogP contribution is 2.34. The molecule has 0 unspecified atom stereocenters. The molecule has 1 N–H and O–H groups in total. The van der Waals surface area contributed by atoms with E-state index in [4.69, 9.17) is 0 Å². The first-order chi connectivity index (χ1) is 9.52. The first-order valence-electron chi connectivity index (χ1n) is 6.79. The molecule has 1 atom stereocenters. The number of aliphatic hydroxyl groups is 1. The zero-order chi connectivity index (χ0) is 14.9. The van der Waals surface area contributed by atoms with E-state index in [9.17, 15) is 14.7 Å². The summed E-state index contributed by atoms with van der Waals surface area (Å²) in [5, 5.41) is 10.4. The molecule has 0 saturated carbocycles. The van der Waals surface area contributed by atoms with Gasteiger partial charge in [0.15, 0.2) is 0 Å². The van der Waals surface area contributed by atoms with Crippen LogP contribution >= 0.6 is 0 Å². The zero-order valence-corrected chi connectivity index (χ0v) is 11.9. The molecule has 3 heteroatoms. The molecule has 20 heavy (non-hydrogen) atoms. The van der Waals surface area contributed by atoms with E-state index in [1.54, 1.807) is 24.3 Å². The van der Waals surface area contributed by atoms with Gasteiger partial charge in [-0.05, 0) is 13.3 Å². The van der Waals surface area contributed by atoms with Crippen LogP contribution in [0.5, 0.6) is 0 Å². The standard InChI is InChI=1S/C17H18O3/c1-4-11(5-2)10(3)14-15(18)12-8-6-7-9-13(12)16(19)17(14)20/h4,6-10,18H,5H2,1-3H3/b11-4-/t10-/m1/s1. The van der Waals surface area contributed by atoms with Gasteiger partial charge < -0.3 is 5.11 Å². The molecule has 0 aliphatic heterocycles. The molecule has 1 aromatic rings. The molecule has 2 rings (SSSR count). The monoisotopic (exact) mass is 270 g/mol. The number of ketones is 2. The quantitative estimate of drug-likeness (QED) is 0.673. The van der Waals surface area contributed by atoms with Gasteiger partial charge in [0.25, 0.3) is 0 Å². The van der Waals surface area contributed by atoms with Gasteiger partial charge in [-0.1, -0.05) is 49.8 Å². The molecule has 0 aromatic heterocycles. The summed E-state index contributed by atoms with van der Waals surface area (Å²) in [6, 6.07) is 6.68. The Hall–Kier alpha value is -2.16. The molecule has 1 aromatic carbocycles. The molecule has 0 fully saturated rings. The van der Waals surface area contributed by atoms with Gasteiger partial charge in [-0.3, -0.25) is 9.59 Å². The van der Waals surface area contributed by atoms with Crippen LogP contribution in [-0.4, -0.2) is 16.7 Å². The van der Waals surface area contributed by atoms with E-state index in [0.717, 1.165) is 12.0 Å². The minimum atomic E-state index is -0.596. The second-order valence-electron chi connectivity index (χ2n) is 4.90. The van der Waals surface area contributed by atoms with E-state index in [0.29, 0.717) is 5.56 Å². The van der Waals surface area contributed by atoms with Gasteiger partial charge >= 0.3 is 0 Å². The minimum Gasteiger partial charge on any atom is -0.507 e. The molecule has 0 radical (unpaired) electrons. The van der Waals surface area contributed by atoms with E-state index >= 15 is 0 Å². The van der Waals surface area contributed by atoms with Gasteiger partial charge in [0.1, 0.15) is 5.76 Å². The maximum absolute atomic E-state index is 12.3. The number of hydrogen-bond acceptors (Lipinski definition) is 3. The lowest BCUT2D eigenvalue weighted by Crippen LogP contribution is -2.27. The molecule has 0 bridgehead atoms. The van der Waals surface area contributed by atoms with Crippen LogP contribution in [0.2, 0.25) is 0 Å². The predicted molar refractivity (Wildman–Crippen MR) is 78.5 cm³/mol. The highest BCUT2D eigenvalue weighted by Gasteiger charge is 2.35. The van der Waals surface area contributed by atoms with Crippen LogP contribution in [0.15, 0.2) is 41.5 Å². The maximum Gasteiger partial charge on any atom is 0.234 e. The molecule has 0 saturated heterocycles. The molecule has 0 spiro atoms. The van der Waals surface area contributed by atoms with Crippen LogP contribution in [0.4, 0.5) is 0 Å². The summed E-state index contributed by atoms with van der Waals surface area (Å²) >= 11 is 0. The normalized spacial score (nSPS) is 17.2. The van der Waals surface area contributed by atoms with E-state index in [-0.39, 0.29) is 22.8 Å². The molecule has 1 aliphatic carbocycles. The molecule has 1 aliphatic rings. The highest BCUT2D eigenvalue weighted by atomic mass is 16.3. The number of Topliss-reactive ketones (excluding diaryl/α,β-unsaturated/α-hetero) is 2. The van der Waals surface area contributed by atoms with Crippen molar-refractivity contribution in [1.29, 1.82) is 0 Å². The van der Waals surface area contributed by atoms with Crippen molar-refractivity contribution in [3.05, 3.63) is 52.6 Å². The van der Waals surface area contributed by atoms with Crippen molar-refractivity contribution in [1.82, 2.24) is 0 Å². The van der Waals surface area contributed by atoms with Crippen LogP contribution in [0.25, 0.3) is 5.76 Å². The molecular weight excluding hydrogens is 252 g/mol. The Morgan fingerprint density at radius 3 is 2.35 bits per heavy atom. The molecule has 0 heterocycles.